The molecule has 0 aromatic rings. The van der Waals surface area contributed by atoms with Gasteiger partial charge in [0.25, 0.3) is 5.91 Å². The molecule has 0 atom stereocenters. The Hall–Kier alpha value is -1.06. The van der Waals surface area contributed by atoms with E-state index in [0.29, 0.717) is 11.8 Å². The van der Waals surface area contributed by atoms with E-state index in [0.717, 1.165) is 25.7 Å². The van der Waals surface area contributed by atoms with Crippen LogP contribution >= 0.6 is 0 Å². The highest BCUT2D eigenvalue weighted by atomic mass is 16.2. The SMILES string of the molecule is CC(C)C1CCC2(CC1)NC(=O)NC2=O. The lowest BCUT2D eigenvalue weighted by Crippen LogP contribution is -2.49. The number of nitrogens with one attached hydrogen (secondary N) is 2. The molecule has 1 aliphatic carbocycles. The molecule has 2 N–H and O–H groups in total. The van der Waals surface area contributed by atoms with E-state index in [9.17, 15) is 9.59 Å². The minimum Gasteiger partial charge on any atom is -0.323 e. The predicted molar refractivity (Wildman–Crippen MR) is 56.2 cm³/mol. The van der Waals surface area contributed by atoms with E-state index in [-0.39, 0.29) is 11.9 Å². The number of rotatable bonds is 1. The van der Waals surface area contributed by atoms with Crippen molar-refractivity contribution in [2.75, 3.05) is 0 Å². The summed E-state index contributed by atoms with van der Waals surface area (Å²) in [6.07, 6.45) is 3.64. The molecule has 0 unspecified atom stereocenters. The van der Waals surface area contributed by atoms with E-state index in [1.165, 1.54) is 0 Å². The fourth-order valence-corrected chi connectivity index (χ4v) is 2.68. The number of hydrogen-bond acceptors (Lipinski definition) is 2. The van der Waals surface area contributed by atoms with Crippen LogP contribution in [0.1, 0.15) is 39.5 Å². The smallest absolute Gasteiger partial charge is 0.322 e. The Morgan fingerprint density at radius 2 is 1.87 bits per heavy atom. The van der Waals surface area contributed by atoms with E-state index in [2.05, 4.69) is 24.5 Å². The Balaban J connectivity index is 2.03. The van der Waals surface area contributed by atoms with Gasteiger partial charge in [0.1, 0.15) is 5.54 Å². The van der Waals surface area contributed by atoms with Gasteiger partial charge in [-0.05, 0) is 37.5 Å². The standard InChI is InChI=1S/C11H18N2O2/c1-7(2)8-3-5-11(6-4-8)9(14)12-10(15)13-11/h7-8H,3-6H2,1-2H3,(H2,12,13,14,15). The fraction of sp³-hybridized carbons (Fsp3) is 0.818. The van der Waals surface area contributed by atoms with Gasteiger partial charge in [0, 0.05) is 0 Å². The topological polar surface area (TPSA) is 58.2 Å². The van der Waals surface area contributed by atoms with Gasteiger partial charge in [0.05, 0.1) is 0 Å². The molecule has 0 bridgehead atoms. The third-order valence-corrected chi connectivity index (χ3v) is 3.84. The van der Waals surface area contributed by atoms with Crippen molar-refractivity contribution in [1.82, 2.24) is 10.6 Å². The van der Waals surface area contributed by atoms with Crippen molar-refractivity contribution >= 4 is 11.9 Å². The average Bonchev–Trinajstić information content (AvgIpc) is 2.42. The molecular weight excluding hydrogens is 192 g/mol. The van der Waals surface area contributed by atoms with Gasteiger partial charge in [-0.2, -0.15) is 0 Å². The Morgan fingerprint density at radius 3 is 2.27 bits per heavy atom. The Kier molecular flexibility index (Phi) is 2.44. The lowest BCUT2D eigenvalue weighted by molar-refractivity contribution is -0.125. The van der Waals surface area contributed by atoms with E-state index >= 15 is 0 Å². The van der Waals surface area contributed by atoms with Crippen molar-refractivity contribution in [3.63, 3.8) is 0 Å². The largest absolute Gasteiger partial charge is 0.323 e. The zero-order valence-corrected chi connectivity index (χ0v) is 9.30. The summed E-state index contributed by atoms with van der Waals surface area (Å²) in [7, 11) is 0. The molecule has 4 heteroatoms. The van der Waals surface area contributed by atoms with Gasteiger partial charge in [0.2, 0.25) is 0 Å². The first-order valence-electron chi connectivity index (χ1n) is 5.67. The zero-order valence-electron chi connectivity index (χ0n) is 9.30. The van der Waals surface area contributed by atoms with Gasteiger partial charge in [-0.15, -0.1) is 0 Å². The predicted octanol–water partition coefficient (Wildman–Crippen LogP) is 1.41. The summed E-state index contributed by atoms with van der Waals surface area (Å²) >= 11 is 0. The molecule has 2 aliphatic rings. The van der Waals surface area contributed by atoms with Gasteiger partial charge in [0.15, 0.2) is 0 Å². The summed E-state index contributed by atoms with van der Waals surface area (Å²) in [6, 6.07) is -0.331. The zero-order chi connectivity index (χ0) is 11.1. The summed E-state index contributed by atoms with van der Waals surface area (Å²) in [5.41, 5.74) is -0.581. The fourth-order valence-electron chi connectivity index (χ4n) is 2.68. The van der Waals surface area contributed by atoms with Crippen molar-refractivity contribution < 1.29 is 9.59 Å². The Labute approximate surface area is 89.8 Å². The van der Waals surface area contributed by atoms with Crippen LogP contribution in [0.3, 0.4) is 0 Å². The number of hydrogen-bond donors (Lipinski definition) is 2. The summed E-state index contributed by atoms with van der Waals surface area (Å²) < 4.78 is 0. The van der Waals surface area contributed by atoms with Crippen molar-refractivity contribution in [2.24, 2.45) is 11.8 Å². The molecule has 1 spiro atoms. The first-order chi connectivity index (χ1) is 7.03. The van der Waals surface area contributed by atoms with Crippen LogP contribution in [0.15, 0.2) is 0 Å². The molecule has 2 rings (SSSR count). The van der Waals surface area contributed by atoms with Crippen LogP contribution < -0.4 is 10.6 Å². The first-order valence-corrected chi connectivity index (χ1v) is 5.67. The maximum Gasteiger partial charge on any atom is 0.322 e. The molecule has 1 saturated heterocycles. The molecule has 2 fully saturated rings. The molecule has 0 aromatic heterocycles. The molecule has 1 saturated carbocycles. The Morgan fingerprint density at radius 1 is 1.27 bits per heavy atom. The second kappa shape index (κ2) is 3.51. The maximum absolute atomic E-state index is 11.6. The van der Waals surface area contributed by atoms with Gasteiger partial charge in [-0.1, -0.05) is 13.8 Å². The third kappa shape index (κ3) is 1.73. The lowest BCUT2D eigenvalue weighted by Gasteiger charge is -2.36. The second-order valence-electron chi connectivity index (χ2n) is 5.07. The highest BCUT2D eigenvalue weighted by molar-refractivity contribution is 6.07. The van der Waals surface area contributed by atoms with E-state index in [4.69, 9.17) is 0 Å². The highest BCUT2D eigenvalue weighted by Gasteiger charge is 2.48. The normalized spacial score (nSPS) is 35.8. The monoisotopic (exact) mass is 210 g/mol. The van der Waals surface area contributed by atoms with Crippen molar-refractivity contribution in [2.45, 2.75) is 45.1 Å². The lowest BCUT2D eigenvalue weighted by atomic mass is 9.73. The van der Waals surface area contributed by atoms with Gasteiger partial charge >= 0.3 is 6.03 Å². The van der Waals surface area contributed by atoms with Crippen LogP contribution in [-0.2, 0) is 4.79 Å². The minimum atomic E-state index is -0.581. The number of imide groups is 1. The summed E-state index contributed by atoms with van der Waals surface area (Å²) in [6.45, 7) is 4.44. The molecule has 3 amide bonds. The van der Waals surface area contributed by atoms with Crippen molar-refractivity contribution in [1.29, 1.82) is 0 Å². The molecule has 15 heavy (non-hydrogen) atoms. The first kappa shape index (κ1) is 10.5. The van der Waals surface area contributed by atoms with Crippen LogP contribution in [0.25, 0.3) is 0 Å². The molecular formula is C11H18N2O2. The van der Waals surface area contributed by atoms with E-state index < -0.39 is 5.54 Å². The average molecular weight is 210 g/mol. The van der Waals surface area contributed by atoms with Crippen LogP contribution in [0.5, 0.6) is 0 Å². The molecule has 1 aliphatic heterocycles. The molecule has 4 nitrogen and oxygen atoms in total. The molecule has 84 valence electrons. The van der Waals surface area contributed by atoms with Gasteiger partial charge in [-0.25, -0.2) is 4.79 Å². The van der Waals surface area contributed by atoms with Crippen LogP contribution in [0.4, 0.5) is 4.79 Å². The maximum atomic E-state index is 11.6. The molecule has 0 radical (unpaired) electrons. The summed E-state index contributed by atoms with van der Waals surface area (Å²) in [4.78, 5) is 22.7. The van der Waals surface area contributed by atoms with Crippen molar-refractivity contribution in [3.05, 3.63) is 0 Å². The van der Waals surface area contributed by atoms with Crippen LogP contribution in [0.2, 0.25) is 0 Å². The quantitative estimate of drug-likeness (QED) is 0.643. The van der Waals surface area contributed by atoms with Crippen molar-refractivity contribution in [3.8, 4) is 0 Å². The second-order valence-corrected chi connectivity index (χ2v) is 5.07. The van der Waals surface area contributed by atoms with E-state index in [1.807, 2.05) is 0 Å². The molecule has 1 heterocycles. The van der Waals surface area contributed by atoms with Gasteiger partial charge in [-0.3, -0.25) is 10.1 Å². The summed E-state index contributed by atoms with van der Waals surface area (Å²) in [5, 5.41) is 5.11. The van der Waals surface area contributed by atoms with Crippen LogP contribution in [-0.4, -0.2) is 17.5 Å². The Bertz CT molecular complexity index is 291. The number of carbonyl (C=O) groups is 2. The van der Waals surface area contributed by atoms with E-state index in [1.54, 1.807) is 0 Å². The third-order valence-electron chi connectivity index (χ3n) is 3.84. The van der Waals surface area contributed by atoms with Gasteiger partial charge < -0.3 is 5.32 Å². The molecule has 0 aromatic carbocycles. The number of amides is 3. The summed E-state index contributed by atoms with van der Waals surface area (Å²) in [5.74, 6) is 1.23. The van der Waals surface area contributed by atoms with Crippen LogP contribution in [0, 0.1) is 11.8 Å². The number of urea groups is 1. The highest BCUT2D eigenvalue weighted by Crippen LogP contribution is 2.37. The number of carbonyl (C=O) groups excluding carboxylic acids is 2. The minimum absolute atomic E-state index is 0.130.